The second kappa shape index (κ2) is 10.6. The van der Waals surface area contributed by atoms with Crippen LogP contribution in [0.4, 0.5) is 0 Å². The fourth-order valence-corrected chi connectivity index (χ4v) is 2.08. The molecule has 7 heteroatoms. The van der Waals surface area contributed by atoms with Gasteiger partial charge in [0.25, 0.3) is 0 Å². The molecule has 0 saturated carbocycles. The maximum absolute atomic E-state index is 11.8. The Kier molecular flexibility index (Phi) is 11.8. The molecule has 0 spiro atoms. The smallest absolute Gasteiger partial charge is 0.221 e. The van der Waals surface area contributed by atoms with Crippen molar-refractivity contribution in [3.05, 3.63) is 0 Å². The summed E-state index contributed by atoms with van der Waals surface area (Å²) in [5, 5.41) is 2.96. The summed E-state index contributed by atoms with van der Waals surface area (Å²) in [5.41, 5.74) is 5.30. The Morgan fingerprint density at radius 3 is 2.10 bits per heavy atom. The van der Waals surface area contributed by atoms with Crippen LogP contribution in [0.2, 0.25) is 0 Å². The van der Waals surface area contributed by atoms with Crippen LogP contribution in [-0.2, 0) is 4.79 Å². The second-order valence-corrected chi connectivity index (χ2v) is 5.66. The van der Waals surface area contributed by atoms with Gasteiger partial charge < -0.3 is 20.9 Å². The minimum atomic E-state index is -0.294. The van der Waals surface area contributed by atoms with Crippen molar-refractivity contribution in [3.8, 4) is 0 Å². The molecule has 3 N–H and O–H groups in total. The van der Waals surface area contributed by atoms with Gasteiger partial charge in [-0.05, 0) is 20.4 Å². The van der Waals surface area contributed by atoms with Crippen LogP contribution in [0, 0.1) is 0 Å². The van der Waals surface area contributed by atoms with E-state index in [1.54, 1.807) is 0 Å². The summed E-state index contributed by atoms with van der Waals surface area (Å²) in [7, 11) is 0. The van der Waals surface area contributed by atoms with Crippen LogP contribution in [0.1, 0.15) is 27.2 Å². The Morgan fingerprint density at radius 1 is 1.15 bits per heavy atom. The number of piperazine rings is 1. The van der Waals surface area contributed by atoms with Crippen LogP contribution in [-0.4, -0.2) is 67.1 Å². The van der Waals surface area contributed by atoms with E-state index in [9.17, 15) is 4.79 Å². The largest absolute Gasteiger partial charge is 0.350 e. The molecular formula is C13H30Cl2N4O. The third-order valence-corrected chi connectivity index (χ3v) is 3.56. The van der Waals surface area contributed by atoms with Crippen molar-refractivity contribution in [2.24, 2.45) is 5.73 Å². The Labute approximate surface area is 135 Å². The van der Waals surface area contributed by atoms with Crippen LogP contribution in [0.25, 0.3) is 0 Å². The fourth-order valence-electron chi connectivity index (χ4n) is 2.08. The number of carbonyl (C=O) groups is 1. The highest BCUT2D eigenvalue weighted by molar-refractivity contribution is 5.85. The summed E-state index contributed by atoms with van der Waals surface area (Å²) in [6, 6.07) is 0. The zero-order valence-corrected chi connectivity index (χ0v) is 14.5. The van der Waals surface area contributed by atoms with Gasteiger partial charge in [0, 0.05) is 51.2 Å². The van der Waals surface area contributed by atoms with Gasteiger partial charge in [-0.25, -0.2) is 0 Å². The van der Waals surface area contributed by atoms with Crippen LogP contribution in [0.15, 0.2) is 0 Å². The zero-order chi connectivity index (χ0) is 13.6. The van der Waals surface area contributed by atoms with Crippen LogP contribution >= 0.6 is 24.8 Å². The second-order valence-electron chi connectivity index (χ2n) is 5.66. The topological polar surface area (TPSA) is 61.6 Å². The number of nitrogens with two attached hydrogens (primary N) is 1. The fraction of sp³-hybridized carbons (Fsp3) is 0.923. The van der Waals surface area contributed by atoms with Crippen LogP contribution in [0.3, 0.4) is 0 Å². The summed E-state index contributed by atoms with van der Waals surface area (Å²) < 4.78 is 0. The van der Waals surface area contributed by atoms with Crippen molar-refractivity contribution in [1.82, 2.24) is 15.1 Å². The zero-order valence-electron chi connectivity index (χ0n) is 12.9. The number of nitrogens with one attached hydrogen (secondary N) is 1. The maximum Gasteiger partial charge on any atom is 0.221 e. The Balaban J connectivity index is 0. The van der Waals surface area contributed by atoms with E-state index >= 15 is 0 Å². The molecule has 1 aliphatic heterocycles. The molecule has 1 rings (SSSR count). The number of nitrogens with zero attached hydrogens (tertiary/aromatic N) is 2. The van der Waals surface area contributed by atoms with E-state index in [-0.39, 0.29) is 36.3 Å². The van der Waals surface area contributed by atoms with E-state index in [4.69, 9.17) is 5.73 Å². The third kappa shape index (κ3) is 8.27. The summed E-state index contributed by atoms with van der Waals surface area (Å²) in [6.45, 7) is 12.9. The molecule has 5 nitrogen and oxygen atoms in total. The number of rotatable bonds is 6. The summed E-state index contributed by atoms with van der Waals surface area (Å²) in [5.74, 6) is 0.100. The van der Waals surface area contributed by atoms with Crippen molar-refractivity contribution in [2.75, 3.05) is 45.8 Å². The van der Waals surface area contributed by atoms with Crippen molar-refractivity contribution >= 4 is 30.7 Å². The highest BCUT2D eigenvalue weighted by atomic mass is 35.5. The molecule has 1 heterocycles. The molecule has 1 amide bonds. The molecule has 0 aliphatic carbocycles. The van der Waals surface area contributed by atoms with Crippen molar-refractivity contribution in [1.29, 1.82) is 0 Å². The van der Waals surface area contributed by atoms with Crippen LogP contribution in [0.5, 0.6) is 0 Å². The number of halogens is 2. The lowest BCUT2D eigenvalue weighted by molar-refractivity contribution is -0.123. The Hall–Kier alpha value is -0.0700. The summed E-state index contributed by atoms with van der Waals surface area (Å²) in [6.07, 6.45) is 0.565. The lowest BCUT2D eigenvalue weighted by Gasteiger charge is -2.34. The number of hydrogen-bond acceptors (Lipinski definition) is 4. The van der Waals surface area contributed by atoms with Gasteiger partial charge in [-0.1, -0.05) is 6.92 Å². The van der Waals surface area contributed by atoms with Crippen molar-refractivity contribution in [3.63, 3.8) is 0 Å². The molecule has 1 fully saturated rings. The monoisotopic (exact) mass is 328 g/mol. The first-order valence-electron chi connectivity index (χ1n) is 6.92. The van der Waals surface area contributed by atoms with Crippen molar-refractivity contribution < 1.29 is 4.79 Å². The molecule has 0 aromatic rings. The third-order valence-electron chi connectivity index (χ3n) is 3.56. The standard InChI is InChI=1S/C13H28N4O.2ClH/c1-4-16-7-9-17(10-8-16)6-5-12(18)15-13(2,3)11-14;;/h4-11,14H2,1-3H3,(H,15,18);2*1H. The lowest BCUT2D eigenvalue weighted by atomic mass is 10.1. The van der Waals surface area contributed by atoms with Gasteiger partial charge >= 0.3 is 0 Å². The minimum Gasteiger partial charge on any atom is -0.350 e. The van der Waals surface area contributed by atoms with E-state index in [2.05, 4.69) is 22.0 Å². The van der Waals surface area contributed by atoms with Crippen molar-refractivity contribution in [2.45, 2.75) is 32.7 Å². The van der Waals surface area contributed by atoms with E-state index in [1.807, 2.05) is 13.8 Å². The maximum atomic E-state index is 11.8. The van der Waals surface area contributed by atoms with E-state index in [0.717, 1.165) is 39.3 Å². The van der Waals surface area contributed by atoms with Gasteiger partial charge in [0.1, 0.15) is 0 Å². The normalized spacial score (nSPS) is 17.0. The highest BCUT2D eigenvalue weighted by Crippen LogP contribution is 2.03. The lowest BCUT2D eigenvalue weighted by Crippen LogP contribution is -2.50. The Bertz CT molecular complexity index is 269. The van der Waals surface area contributed by atoms with E-state index in [0.29, 0.717) is 13.0 Å². The number of hydrogen-bond donors (Lipinski definition) is 2. The van der Waals surface area contributed by atoms with E-state index < -0.39 is 0 Å². The molecule has 1 aliphatic rings. The predicted octanol–water partition coefficient (Wildman–Crippen LogP) is 0.711. The first-order chi connectivity index (χ1) is 8.46. The first-order valence-corrected chi connectivity index (χ1v) is 6.92. The van der Waals surface area contributed by atoms with Gasteiger partial charge in [-0.15, -0.1) is 24.8 Å². The van der Waals surface area contributed by atoms with Gasteiger partial charge in [-0.2, -0.15) is 0 Å². The summed E-state index contributed by atoms with van der Waals surface area (Å²) in [4.78, 5) is 16.6. The molecule has 20 heavy (non-hydrogen) atoms. The predicted molar refractivity (Wildman–Crippen MR) is 88.9 cm³/mol. The van der Waals surface area contributed by atoms with Gasteiger partial charge in [0.15, 0.2) is 0 Å². The molecule has 0 atom stereocenters. The molecule has 0 bridgehead atoms. The molecule has 0 aromatic carbocycles. The van der Waals surface area contributed by atoms with Gasteiger partial charge in [0.05, 0.1) is 0 Å². The Morgan fingerprint density at radius 2 is 1.65 bits per heavy atom. The number of carbonyl (C=O) groups excluding carboxylic acids is 1. The quantitative estimate of drug-likeness (QED) is 0.754. The number of likely N-dealkylation sites (N-methyl/N-ethyl adjacent to an activating group) is 1. The van der Waals surface area contributed by atoms with Crippen LogP contribution < -0.4 is 11.1 Å². The van der Waals surface area contributed by atoms with E-state index in [1.165, 1.54) is 0 Å². The molecule has 0 radical (unpaired) electrons. The SMILES string of the molecule is CCN1CCN(CCC(=O)NC(C)(C)CN)CC1.Cl.Cl. The molecule has 122 valence electrons. The van der Waals surface area contributed by atoms with Gasteiger partial charge in [-0.3, -0.25) is 4.79 Å². The summed E-state index contributed by atoms with van der Waals surface area (Å²) >= 11 is 0. The molecule has 0 unspecified atom stereocenters. The molecule has 0 aromatic heterocycles. The number of amides is 1. The molecule has 1 saturated heterocycles. The highest BCUT2D eigenvalue weighted by Gasteiger charge is 2.20. The first kappa shape index (κ1) is 22.2. The average molecular weight is 329 g/mol. The molecular weight excluding hydrogens is 299 g/mol. The van der Waals surface area contributed by atoms with Gasteiger partial charge in [0.2, 0.25) is 5.91 Å². The average Bonchev–Trinajstić information content (AvgIpc) is 2.36. The minimum absolute atomic E-state index is 0.